The van der Waals surface area contributed by atoms with Crippen molar-refractivity contribution in [1.82, 2.24) is 0 Å². The van der Waals surface area contributed by atoms with E-state index in [-0.39, 0.29) is 24.2 Å². The van der Waals surface area contributed by atoms with E-state index >= 15 is 0 Å². The molecule has 7 heteroatoms. The molecule has 17 heavy (non-hydrogen) atoms. The molecule has 0 N–H and O–H groups in total. The van der Waals surface area contributed by atoms with Crippen LogP contribution in [0.2, 0.25) is 0 Å². The van der Waals surface area contributed by atoms with E-state index in [0.717, 1.165) is 0 Å². The van der Waals surface area contributed by atoms with Crippen LogP contribution in [0.4, 0.5) is 5.69 Å². The Morgan fingerprint density at radius 2 is 1.76 bits per heavy atom. The molecule has 0 saturated heterocycles. The van der Waals surface area contributed by atoms with E-state index in [1.54, 1.807) is 19.9 Å². The van der Waals surface area contributed by atoms with Gasteiger partial charge in [0.2, 0.25) is 0 Å². The van der Waals surface area contributed by atoms with Crippen LogP contribution in [-0.4, -0.2) is 18.1 Å². The second-order valence-corrected chi connectivity index (χ2v) is 5.07. The van der Waals surface area contributed by atoms with Crippen LogP contribution in [0.1, 0.15) is 13.8 Å². The Bertz CT molecular complexity index is 438. The van der Waals surface area contributed by atoms with Crippen molar-refractivity contribution in [3.63, 3.8) is 0 Å². The van der Waals surface area contributed by atoms with Crippen molar-refractivity contribution >= 4 is 18.6 Å². The highest BCUT2D eigenvalue weighted by Gasteiger charge is 2.34. The third kappa shape index (κ3) is 3.12. The molecular formula is C10H14NO5P. The topological polar surface area (TPSA) is 78.7 Å². The molecule has 0 saturated carbocycles. The number of benzene rings is 1. The van der Waals surface area contributed by atoms with Crippen LogP contribution in [0.3, 0.4) is 0 Å². The average molecular weight is 259 g/mol. The Morgan fingerprint density at radius 3 is 2.24 bits per heavy atom. The van der Waals surface area contributed by atoms with E-state index in [1.807, 2.05) is 0 Å². The number of nitro benzene ring substituents is 1. The zero-order valence-electron chi connectivity index (χ0n) is 9.66. The summed E-state index contributed by atoms with van der Waals surface area (Å²) in [5.41, 5.74) is -0.252. The van der Waals surface area contributed by atoms with Crippen LogP contribution in [-0.2, 0) is 13.6 Å². The molecule has 1 rings (SSSR count). The standard InChI is InChI=1S/C10H14NO5P/c1-3-15-17(14,16-4-2)10-8-6-5-7-9(10)11(12)13/h5-8H,3-4H2,1-2H3. The summed E-state index contributed by atoms with van der Waals surface area (Å²) >= 11 is 0. The number of nitrogens with zero attached hydrogens (tertiary/aromatic N) is 1. The van der Waals surface area contributed by atoms with Gasteiger partial charge in [0.25, 0.3) is 5.69 Å². The van der Waals surface area contributed by atoms with Crippen LogP contribution in [0.15, 0.2) is 24.3 Å². The summed E-state index contributed by atoms with van der Waals surface area (Å²) in [5.74, 6) is 0. The maximum atomic E-state index is 12.4. The summed E-state index contributed by atoms with van der Waals surface area (Å²) in [7, 11) is -3.60. The highest BCUT2D eigenvalue weighted by molar-refractivity contribution is 7.62. The van der Waals surface area contributed by atoms with Gasteiger partial charge in [0.15, 0.2) is 0 Å². The van der Waals surface area contributed by atoms with Gasteiger partial charge in [-0.05, 0) is 19.9 Å². The molecule has 1 aromatic rings. The van der Waals surface area contributed by atoms with Crippen LogP contribution in [0, 0.1) is 10.1 Å². The Kier molecular flexibility index (Phi) is 4.81. The second kappa shape index (κ2) is 5.91. The maximum Gasteiger partial charge on any atom is 0.368 e. The number of para-hydroxylation sites is 1. The van der Waals surface area contributed by atoms with Crippen LogP contribution < -0.4 is 5.30 Å². The van der Waals surface area contributed by atoms with E-state index in [0.29, 0.717) is 0 Å². The zero-order chi connectivity index (χ0) is 12.9. The van der Waals surface area contributed by atoms with Crippen molar-refractivity contribution in [3.05, 3.63) is 34.4 Å². The summed E-state index contributed by atoms with van der Waals surface area (Å²) in [6.07, 6.45) is 0. The lowest BCUT2D eigenvalue weighted by Crippen LogP contribution is -2.14. The molecule has 1 aromatic carbocycles. The minimum Gasteiger partial charge on any atom is -0.305 e. The molecule has 0 heterocycles. The molecule has 0 amide bonds. The first kappa shape index (κ1) is 13.8. The molecular weight excluding hydrogens is 245 g/mol. The van der Waals surface area contributed by atoms with Gasteiger partial charge in [-0.25, -0.2) is 0 Å². The quantitative estimate of drug-likeness (QED) is 0.445. The van der Waals surface area contributed by atoms with Gasteiger partial charge < -0.3 is 9.05 Å². The van der Waals surface area contributed by atoms with Gasteiger partial charge in [0.1, 0.15) is 5.30 Å². The van der Waals surface area contributed by atoms with Gasteiger partial charge in [0.05, 0.1) is 18.1 Å². The first-order chi connectivity index (χ1) is 8.05. The van der Waals surface area contributed by atoms with Gasteiger partial charge in [-0.3, -0.25) is 14.7 Å². The Hall–Kier alpha value is -1.23. The normalized spacial score (nSPS) is 11.4. The monoisotopic (exact) mass is 259 g/mol. The first-order valence-corrected chi connectivity index (χ1v) is 6.72. The van der Waals surface area contributed by atoms with Gasteiger partial charge >= 0.3 is 7.60 Å². The molecule has 0 aromatic heterocycles. The lowest BCUT2D eigenvalue weighted by atomic mass is 10.3. The predicted octanol–water partition coefficient (Wildman–Crippen LogP) is 2.49. The summed E-state index contributed by atoms with van der Waals surface area (Å²) in [6.45, 7) is 3.62. The van der Waals surface area contributed by atoms with E-state index in [2.05, 4.69) is 0 Å². The summed E-state index contributed by atoms with van der Waals surface area (Å²) in [5, 5.41) is 10.8. The van der Waals surface area contributed by atoms with Crippen molar-refractivity contribution < 1.29 is 18.5 Å². The van der Waals surface area contributed by atoms with Crippen molar-refractivity contribution in [2.75, 3.05) is 13.2 Å². The van der Waals surface area contributed by atoms with Gasteiger partial charge in [0, 0.05) is 6.07 Å². The molecule has 0 aliphatic heterocycles. The molecule has 0 bridgehead atoms. The smallest absolute Gasteiger partial charge is 0.305 e. The zero-order valence-corrected chi connectivity index (χ0v) is 10.6. The number of hydrogen-bond donors (Lipinski definition) is 0. The third-order valence-electron chi connectivity index (χ3n) is 1.97. The lowest BCUT2D eigenvalue weighted by molar-refractivity contribution is -0.383. The maximum absolute atomic E-state index is 12.4. The van der Waals surface area contributed by atoms with Crippen molar-refractivity contribution in [2.24, 2.45) is 0 Å². The predicted molar refractivity (Wildman–Crippen MR) is 63.6 cm³/mol. The van der Waals surface area contributed by atoms with Crippen molar-refractivity contribution in [1.29, 1.82) is 0 Å². The van der Waals surface area contributed by atoms with Gasteiger partial charge in [-0.15, -0.1) is 0 Å². The fourth-order valence-corrected chi connectivity index (χ4v) is 3.10. The van der Waals surface area contributed by atoms with E-state index in [1.165, 1.54) is 18.2 Å². The highest BCUT2D eigenvalue weighted by atomic mass is 31.2. The molecule has 94 valence electrons. The van der Waals surface area contributed by atoms with Crippen LogP contribution in [0.5, 0.6) is 0 Å². The summed E-state index contributed by atoms with van der Waals surface area (Å²) < 4.78 is 22.5. The Balaban J connectivity index is 3.28. The molecule has 0 aliphatic carbocycles. The number of hydrogen-bond acceptors (Lipinski definition) is 5. The fraction of sp³-hybridized carbons (Fsp3) is 0.400. The highest BCUT2D eigenvalue weighted by Crippen LogP contribution is 2.48. The molecule has 0 spiro atoms. The van der Waals surface area contributed by atoms with E-state index in [4.69, 9.17) is 9.05 Å². The van der Waals surface area contributed by atoms with Crippen molar-refractivity contribution in [2.45, 2.75) is 13.8 Å². The molecule has 0 unspecified atom stereocenters. The van der Waals surface area contributed by atoms with Crippen LogP contribution in [0.25, 0.3) is 0 Å². The average Bonchev–Trinajstić information content (AvgIpc) is 2.29. The van der Waals surface area contributed by atoms with E-state index < -0.39 is 12.5 Å². The number of nitro groups is 1. The molecule has 0 aliphatic rings. The van der Waals surface area contributed by atoms with E-state index in [9.17, 15) is 14.7 Å². The first-order valence-electron chi connectivity index (χ1n) is 5.18. The lowest BCUT2D eigenvalue weighted by Gasteiger charge is -2.16. The second-order valence-electron chi connectivity index (χ2n) is 3.08. The van der Waals surface area contributed by atoms with Crippen LogP contribution >= 0.6 is 7.60 Å². The van der Waals surface area contributed by atoms with Gasteiger partial charge in [-0.2, -0.15) is 0 Å². The largest absolute Gasteiger partial charge is 0.368 e. The molecule has 0 fully saturated rings. The summed E-state index contributed by atoms with van der Waals surface area (Å²) in [4.78, 5) is 10.3. The molecule has 6 nitrogen and oxygen atoms in total. The van der Waals surface area contributed by atoms with Crippen molar-refractivity contribution in [3.8, 4) is 0 Å². The molecule has 0 atom stereocenters. The Morgan fingerprint density at radius 1 is 1.24 bits per heavy atom. The third-order valence-corrected chi connectivity index (χ3v) is 4.14. The number of rotatable bonds is 6. The summed E-state index contributed by atoms with van der Waals surface area (Å²) in [6, 6.07) is 5.74. The molecule has 0 radical (unpaired) electrons. The SMILES string of the molecule is CCOP(=O)(OCC)c1ccccc1[N+](=O)[O-]. The minimum atomic E-state index is -3.60. The van der Waals surface area contributed by atoms with Gasteiger partial charge in [-0.1, -0.05) is 12.1 Å². The Labute approximate surface area is 99.2 Å². The fourth-order valence-electron chi connectivity index (χ4n) is 1.37. The minimum absolute atomic E-state index is 0.00583.